The van der Waals surface area contributed by atoms with E-state index in [0.717, 1.165) is 22.4 Å². The summed E-state index contributed by atoms with van der Waals surface area (Å²) in [5.74, 6) is 0.681. The van der Waals surface area contributed by atoms with Crippen molar-refractivity contribution in [2.24, 2.45) is 5.10 Å². The maximum Gasteiger partial charge on any atom is 0.183 e. The molecule has 0 fully saturated rings. The summed E-state index contributed by atoms with van der Waals surface area (Å²) < 4.78 is 0. The van der Waals surface area contributed by atoms with E-state index in [2.05, 4.69) is 20.5 Å². The Bertz CT molecular complexity index is 575. The molecule has 2 aromatic rings. The van der Waals surface area contributed by atoms with Crippen LogP contribution in [0.5, 0.6) is 0 Å². The van der Waals surface area contributed by atoms with Gasteiger partial charge in [0.25, 0.3) is 0 Å². The van der Waals surface area contributed by atoms with Gasteiger partial charge in [0, 0.05) is 29.2 Å². The second kappa shape index (κ2) is 3.41. The minimum Gasteiger partial charge on any atom is -0.261 e. The molecule has 16 heavy (non-hydrogen) atoms. The number of pyridine rings is 2. The van der Waals surface area contributed by atoms with Crippen LogP contribution in [0.2, 0.25) is 0 Å². The van der Waals surface area contributed by atoms with Crippen LogP contribution in [0, 0.1) is 6.92 Å². The zero-order chi connectivity index (χ0) is 11.0. The summed E-state index contributed by atoms with van der Waals surface area (Å²) in [6.45, 7) is 1.99. The Labute approximate surface area is 93.1 Å². The Kier molecular flexibility index (Phi) is 1.93. The van der Waals surface area contributed by atoms with Crippen molar-refractivity contribution in [1.29, 1.82) is 0 Å². The van der Waals surface area contributed by atoms with Gasteiger partial charge in [-0.25, -0.2) is 4.98 Å². The highest BCUT2D eigenvalue weighted by Gasteiger charge is 2.15. The molecule has 0 amide bonds. The van der Waals surface area contributed by atoms with Gasteiger partial charge in [-0.15, -0.1) is 5.43 Å². The summed E-state index contributed by atoms with van der Waals surface area (Å²) >= 11 is 0. The molecule has 1 aliphatic heterocycles. The lowest BCUT2D eigenvalue weighted by Gasteiger charge is -2.07. The number of nitrogens with zero attached hydrogens (tertiary/aromatic N) is 4. The van der Waals surface area contributed by atoms with Crippen molar-refractivity contribution in [2.45, 2.75) is 6.92 Å². The smallest absolute Gasteiger partial charge is 0.183 e. The molecular formula is C12H9N4. The van der Waals surface area contributed by atoms with Gasteiger partial charge in [0.2, 0.25) is 0 Å². The van der Waals surface area contributed by atoms with Crippen molar-refractivity contribution in [1.82, 2.24) is 15.4 Å². The topological polar surface area (TPSA) is 52.2 Å². The molecule has 4 heteroatoms. The predicted molar refractivity (Wildman–Crippen MR) is 61.6 cm³/mol. The van der Waals surface area contributed by atoms with Gasteiger partial charge in [-0.1, -0.05) is 6.07 Å². The van der Waals surface area contributed by atoms with E-state index >= 15 is 0 Å². The second-order valence-corrected chi connectivity index (χ2v) is 3.58. The fourth-order valence-corrected chi connectivity index (χ4v) is 1.81. The van der Waals surface area contributed by atoms with E-state index in [1.54, 1.807) is 18.6 Å². The van der Waals surface area contributed by atoms with Crippen molar-refractivity contribution in [3.8, 4) is 11.1 Å². The third-order valence-electron chi connectivity index (χ3n) is 2.61. The van der Waals surface area contributed by atoms with Crippen molar-refractivity contribution in [3.05, 3.63) is 41.9 Å². The van der Waals surface area contributed by atoms with Crippen molar-refractivity contribution in [2.75, 3.05) is 0 Å². The third kappa shape index (κ3) is 1.27. The summed E-state index contributed by atoms with van der Waals surface area (Å²) in [5.41, 5.74) is 8.11. The van der Waals surface area contributed by atoms with E-state index in [9.17, 15) is 0 Å². The minimum atomic E-state index is 0.681. The average Bonchev–Trinajstić information content (AvgIpc) is 2.77. The lowest BCUT2D eigenvalue weighted by Crippen LogP contribution is -1.93. The van der Waals surface area contributed by atoms with Crippen LogP contribution in [0.25, 0.3) is 11.1 Å². The van der Waals surface area contributed by atoms with E-state index in [4.69, 9.17) is 0 Å². The highest BCUT2D eigenvalue weighted by Crippen LogP contribution is 2.29. The fraction of sp³-hybridized carbons (Fsp3) is 0.0833. The van der Waals surface area contributed by atoms with Gasteiger partial charge in [0.1, 0.15) is 0 Å². The zero-order valence-corrected chi connectivity index (χ0v) is 8.75. The average molecular weight is 209 g/mol. The molecule has 0 spiro atoms. The summed E-state index contributed by atoms with van der Waals surface area (Å²) in [5, 5.41) is 3.88. The molecule has 3 heterocycles. The molecule has 0 N–H and O–H groups in total. The maximum atomic E-state index is 4.29. The molecule has 0 bridgehead atoms. The normalized spacial score (nSPS) is 12.3. The molecule has 3 rings (SSSR count). The molecule has 4 nitrogen and oxygen atoms in total. The summed E-state index contributed by atoms with van der Waals surface area (Å²) in [6.07, 6.45) is 5.28. The van der Waals surface area contributed by atoms with Gasteiger partial charge < -0.3 is 0 Å². The maximum absolute atomic E-state index is 4.29. The van der Waals surface area contributed by atoms with Crippen molar-refractivity contribution in [3.63, 3.8) is 0 Å². The van der Waals surface area contributed by atoms with Gasteiger partial charge in [-0.2, -0.15) is 5.10 Å². The van der Waals surface area contributed by atoms with Gasteiger partial charge in [-0.3, -0.25) is 4.98 Å². The van der Waals surface area contributed by atoms with Crippen molar-refractivity contribution >= 4 is 12.0 Å². The Balaban J connectivity index is 2.25. The standard InChI is InChI=1S/C12H9N4/c1-8-9(3-2-5-13-8)10-4-6-14-12-11(10)7-15-16-12/h2-7H,1H3. The summed E-state index contributed by atoms with van der Waals surface area (Å²) in [6, 6.07) is 5.94. The van der Waals surface area contributed by atoms with Crippen molar-refractivity contribution < 1.29 is 0 Å². The number of rotatable bonds is 1. The highest BCUT2D eigenvalue weighted by atomic mass is 15.3. The number of hydrogen-bond donors (Lipinski definition) is 0. The Morgan fingerprint density at radius 1 is 1.00 bits per heavy atom. The lowest BCUT2D eigenvalue weighted by molar-refractivity contribution is 0.950. The molecule has 2 aromatic heterocycles. The van der Waals surface area contributed by atoms with Crippen LogP contribution in [0.1, 0.15) is 11.3 Å². The predicted octanol–water partition coefficient (Wildman–Crippen LogP) is 2.04. The summed E-state index contributed by atoms with van der Waals surface area (Å²) in [4.78, 5) is 8.45. The zero-order valence-electron chi connectivity index (χ0n) is 8.75. The lowest BCUT2D eigenvalue weighted by atomic mass is 10.0. The Hall–Kier alpha value is -2.23. The number of aromatic nitrogens is 2. The molecular weight excluding hydrogens is 200 g/mol. The first-order chi connectivity index (χ1) is 7.86. The molecule has 0 unspecified atom stereocenters. The molecule has 1 aliphatic rings. The monoisotopic (exact) mass is 209 g/mol. The van der Waals surface area contributed by atoms with E-state index in [-0.39, 0.29) is 0 Å². The largest absolute Gasteiger partial charge is 0.261 e. The first-order valence-electron chi connectivity index (χ1n) is 5.01. The third-order valence-corrected chi connectivity index (χ3v) is 2.61. The molecule has 1 radical (unpaired) electrons. The highest BCUT2D eigenvalue weighted by molar-refractivity contribution is 5.97. The molecule has 77 valence electrons. The number of aryl methyl sites for hydroxylation is 1. The Morgan fingerprint density at radius 3 is 2.81 bits per heavy atom. The van der Waals surface area contributed by atoms with Gasteiger partial charge in [-0.05, 0) is 24.6 Å². The van der Waals surface area contributed by atoms with Crippen LogP contribution in [0.15, 0.2) is 35.7 Å². The van der Waals surface area contributed by atoms with Crippen LogP contribution < -0.4 is 5.43 Å². The molecule has 0 saturated carbocycles. The molecule has 0 aromatic carbocycles. The SMILES string of the molecule is Cc1ncccc1-c1ccnc2c1C=N[N]2. The van der Waals surface area contributed by atoms with Crippen LogP contribution in [0.4, 0.5) is 5.82 Å². The van der Waals surface area contributed by atoms with E-state index in [1.165, 1.54) is 0 Å². The molecule has 0 aliphatic carbocycles. The second-order valence-electron chi connectivity index (χ2n) is 3.58. The quantitative estimate of drug-likeness (QED) is 0.721. The van der Waals surface area contributed by atoms with Crippen LogP contribution in [-0.2, 0) is 0 Å². The van der Waals surface area contributed by atoms with E-state index < -0.39 is 0 Å². The molecule has 0 atom stereocenters. The Morgan fingerprint density at radius 2 is 1.94 bits per heavy atom. The number of hydrogen-bond acceptors (Lipinski definition) is 3. The van der Waals surface area contributed by atoms with Crippen LogP contribution in [0.3, 0.4) is 0 Å². The summed E-state index contributed by atoms with van der Waals surface area (Å²) in [7, 11) is 0. The van der Waals surface area contributed by atoms with Gasteiger partial charge >= 0.3 is 0 Å². The molecule has 0 saturated heterocycles. The van der Waals surface area contributed by atoms with Gasteiger partial charge in [0.05, 0.1) is 6.21 Å². The van der Waals surface area contributed by atoms with E-state index in [0.29, 0.717) is 5.82 Å². The van der Waals surface area contributed by atoms with E-state index in [1.807, 2.05) is 25.1 Å². The van der Waals surface area contributed by atoms with Crippen LogP contribution in [-0.4, -0.2) is 16.2 Å². The van der Waals surface area contributed by atoms with Gasteiger partial charge in [0.15, 0.2) is 5.82 Å². The first-order valence-corrected chi connectivity index (χ1v) is 5.01. The fourth-order valence-electron chi connectivity index (χ4n) is 1.81. The number of fused-ring (bicyclic) bond motifs is 1. The first kappa shape index (κ1) is 9.03. The minimum absolute atomic E-state index is 0.681. The van der Waals surface area contributed by atoms with Crippen LogP contribution >= 0.6 is 0 Å².